The fourth-order valence-corrected chi connectivity index (χ4v) is 3.48. The Kier molecular flexibility index (Phi) is 6.53. The van der Waals surface area contributed by atoms with E-state index < -0.39 is 0 Å². The largest absolute Gasteiger partial charge is 0.493 e. The molecule has 1 saturated carbocycles. The van der Waals surface area contributed by atoms with Gasteiger partial charge in [-0.1, -0.05) is 31.4 Å². The molecule has 2 aromatic rings. The summed E-state index contributed by atoms with van der Waals surface area (Å²) in [5.41, 5.74) is 0.763. The lowest BCUT2D eigenvalue weighted by Crippen LogP contribution is -2.38. The van der Waals surface area contributed by atoms with Gasteiger partial charge in [-0.05, 0) is 42.7 Å². The predicted molar refractivity (Wildman–Crippen MR) is 109 cm³/mol. The van der Waals surface area contributed by atoms with Crippen LogP contribution in [0.3, 0.4) is 0 Å². The molecule has 0 aliphatic heterocycles. The Bertz CT molecular complexity index is 911. The van der Waals surface area contributed by atoms with Crippen LogP contribution < -0.4 is 20.3 Å². The highest BCUT2D eigenvalue weighted by atomic mass is 16.5. The third-order valence-corrected chi connectivity index (χ3v) is 4.97. The van der Waals surface area contributed by atoms with Crippen molar-refractivity contribution in [3.8, 4) is 11.5 Å². The number of methoxy groups -OCH3 is 2. The van der Waals surface area contributed by atoms with E-state index in [0.717, 1.165) is 31.2 Å². The van der Waals surface area contributed by atoms with Gasteiger partial charge in [0.05, 0.1) is 14.2 Å². The molecule has 0 spiro atoms. The number of ether oxygens (including phenoxy) is 2. The Morgan fingerprint density at radius 2 is 1.82 bits per heavy atom. The predicted octanol–water partition coefficient (Wildman–Crippen LogP) is 3.31. The van der Waals surface area contributed by atoms with Gasteiger partial charge in [-0.15, -0.1) is 0 Å². The van der Waals surface area contributed by atoms with Gasteiger partial charge in [0.1, 0.15) is 5.70 Å². The Hall–Kier alpha value is -3.02. The topological polar surface area (TPSA) is 69.6 Å². The van der Waals surface area contributed by atoms with Gasteiger partial charge in [-0.3, -0.25) is 14.2 Å². The van der Waals surface area contributed by atoms with Crippen molar-refractivity contribution in [2.24, 2.45) is 0 Å². The number of carbonyl (C=O) groups is 1. The fraction of sp³-hybridized carbons (Fsp3) is 0.364. The molecule has 1 aromatic heterocycles. The van der Waals surface area contributed by atoms with Gasteiger partial charge in [0, 0.05) is 18.3 Å². The monoisotopic (exact) mass is 382 g/mol. The highest BCUT2D eigenvalue weighted by molar-refractivity contribution is 6.18. The average Bonchev–Trinajstić information content (AvgIpc) is 2.73. The van der Waals surface area contributed by atoms with Crippen molar-refractivity contribution in [1.82, 2.24) is 9.88 Å². The summed E-state index contributed by atoms with van der Waals surface area (Å²) in [6, 6.07) is 10.4. The van der Waals surface area contributed by atoms with Crippen molar-refractivity contribution < 1.29 is 14.3 Å². The molecule has 6 nitrogen and oxygen atoms in total. The van der Waals surface area contributed by atoms with Crippen molar-refractivity contribution in [2.75, 3.05) is 14.2 Å². The van der Waals surface area contributed by atoms with Crippen molar-refractivity contribution >= 4 is 17.7 Å². The summed E-state index contributed by atoms with van der Waals surface area (Å²) in [6.07, 6.45) is 8.68. The Morgan fingerprint density at radius 1 is 1.07 bits per heavy atom. The minimum Gasteiger partial charge on any atom is -0.493 e. The first-order valence-corrected chi connectivity index (χ1v) is 9.55. The molecule has 0 unspecified atom stereocenters. The first-order chi connectivity index (χ1) is 13.6. The number of hydrogen-bond acceptors (Lipinski definition) is 4. The molecule has 0 atom stereocenters. The molecule has 1 fully saturated rings. The highest BCUT2D eigenvalue weighted by Crippen LogP contribution is 2.29. The zero-order chi connectivity index (χ0) is 19.9. The van der Waals surface area contributed by atoms with Crippen LogP contribution in [0.2, 0.25) is 0 Å². The molecular formula is C22H26N2O4. The smallest absolute Gasteiger partial charge is 0.268 e. The second kappa shape index (κ2) is 9.26. The lowest BCUT2D eigenvalue weighted by molar-refractivity contribution is -0.116. The van der Waals surface area contributed by atoms with E-state index in [9.17, 15) is 9.59 Å². The molecule has 1 aromatic carbocycles. The summed E-state index contributed by atoms with van der Waals surface area (Å²) >= 11 is 0. The SMILES string of the molecule is COc1ccc(/C=C(\C(=O)NC2CCCCC2)n2ccccc2=O)cc1OC. The lowest BCUT2D eigenvalue weighted by Gasteiger charge is -2.23. The molecule has 1 aliphatic rings. The number of benzene rings is 1. The van der Waals surface area contributed by atoms with E-state index in [1.807, 2.05) is 6.07 Å². The maximum absolute atomic E-state index is 13.1. The van der Waals surface area contributed by atoms with E-state index in [1.165, 1.54) is 17.1 Å². The molecule has 1 heterocycles. The van der Waals surface area contributed by atoms with Crippen LogP contribution in [0, 0.1) is 0 Å². The van der Waals surface area contributed by atoms with E-state index in [-0.39, 0.29) is 23.2 Å². The van der Waals surface area contributed by atoms with E-state index >= 15 is 0 Å². The van der Waals surface area contributed by atoms with Gasteiger partial charge in [0.15, 0.2) is 11.5 Å². The Labute approximate surface area is 164 Å². The zero-order valence-electron chi connectivity index (χ0n) is 16.3. The van der Waals surface area contributed by atoms with Crippen molar-refractivity contribution in [3.05, 3.63) is 58.5 Å². The second-order valence-corrected chi connectivity index (χ2v) is 6.86. The summed E-state index contributed by atoms with van der Waals surface area (Å²) in [5, 5.41) is 3.09. The maximum atomic E-state index is 13.1. The second-order valence-electron chi connectivity index (χ2n) is 6.86. The first-order valence-electron chi connectivity index (χ1n) is 9.55. The maximum Gasteiger partial charge on any atom is 0.268 e. The van der Waals surface area contributed by atoms with Crippen LogP contribution in [0.15, 0.2) is 47.4 Å². The highest BCUT2D eigenvalue weighted by Gasteiger charge is 2.20. The van der Waals surface area contributed by atoms with Crippen LogP contribution in [0.5, 0.6) is 11.5 Å². The minimum atomic E-state index is -0.256. The van der Waals surface area contributed by atoms with E-state index in [4.69, 9.17) is 9.47 Å². The summed E-state index contributed by atoms with van der Waals surface area (Å²) in [6.45, 7) is 0. The fourth-order valence-electron chi connectivity index (χ4n) is 3.48. The molecule has 0 radical (unpaired) electrons. The summed E-state index contributed by atoms with van der Waals surface area (Å²) in [5.74, 6) is 0.906. The van der Waals surface area contributed by atoms with Crippen LogP contribution in [0.4, 0.5) is 0 Å². The lowest BCUT2D eigenvalue weighted by atomic mass is 9.95. The molecule has 1 N–H and O–H groups in total. The zero-order valence-corrected chi connectivity index (χ0v) is 16.3. The van der Waals surface area contributed by atoms with Crippen molar-refractivity contribution in [3.63, 3.8) is 0 Å². The average molecular weight is 382 g/mol. The van der Waals surface area contributed by atoms with Crippen molar-refractivity contribution in [1.29, 1.82) is 0 Å². The minimum absolute atomic E-state index is 0.148. The van der Waals surface area contributed by atoms with Crippen LogP contribution in [-0.2, 0) is 4.79 Å². The molecule has 0 bridgehead atoms. The van der Waals surface area contributed by atoms with Gasteiger partial charge >= 0.3 is 0 Å². The number of rotatable bonds is 6. The van der Waals surface area contributed by atoms with E-state index in [0.29, 0.717) is 11.5 Å². The van der Waals surface area contributed by atoms with E-state index in [2.05, 4.69) is 5.32 Å². The molecule has 1 amide bonds. The third kappa shape index (κ3) is 4.63. The van der Waals surface area contributed by atoms with Gasteiger partial charge in [-0.25, -0.2) is 0 Å². The number of hydrogen-bond donors (Lipinski definition) is 1. The number of pyridine rings is 1. The molecule has 28 heavy (non-hydrogen) atoms. The number of nitrogens with zero attached hydrogens (tertiary/aromatic N) is 1. The number of aromatic nitrogens is 1. The van der Waals surface area contributed by atoms with E-state index in [1.54, 1.807) is 50.8 Å². The van der Waals surface area contributed by atoms with Crippen LogP contribution in [0.25, 0.3) is 11.8 Å². The number of nitrogens with one attached hydrogen (secondary N) is 1. The standard InChI is InChI=1S/C22H26N2O4/c1-27-19-12-11-16(15-20(19)28-2)14-18(24-13-7-6-10-21(24)25)22(26)23-17-8-4-3-5-9-17/h6-7,10-15,17H,3-5,8-9H2,1-2H3,(H,23,26)/b18-14+. The molecule has 1 aliphatic carbocycles. The summed E-state index contributed by atoms with van der Waals surface area (Å²) in [7, 11) is 3.13. The molecule has 0 saturated heterocycles. The normalized spacial score (nSPS) is 15.1. The Balaban J connectivity index is 1.98. The molecular weight excluding hydrogens is 356 g/mol. The van der Waals surface area contributed by atoms with Gasteiger partial charge < -0.3 is 14.8 Å². The molecule has 148 valence electrons. The van der Waals surface area contributed by atoms with Crippen LogP contribution >= 0.6 is 0 Å². The van der Waals surface area contributed by atoms with Crippen LogP contribution in [-0.4, -0.2) is 30.7 Å². The van der Waals surface area contributed by atoms with Crippen molar-refractivity contribution in [2.45, 2.75) is 38.1 Å². The quantitative estimate of drug-likeness (QED) is 0.778. The number of carbonyl (C=O) groups excluding carboxylic acids is 1. The molecule has 6 heteroatoms. The number of amides is 1. The Morgan fingerprint density at radius 3 is 2.50 bits per heavy atom. The third-order valence-electron chi connectivity index (χ3n) is 4.97. The summed E-state index contributed by atoms with van der Waals surface area (Å²) < 4.78 is 12.0. The summed E-state index contributed by atoms with van der Waals surface area (Å²) in [4.78, 5) is 25.4. The molecule has 3 rings (SSSR count). The first kappa shape index (κ1) is 19.7. The van der Waals surface area contributed by atoms with Gasteiger partial charge in [0.2, 0.25) is 0 Å². The van der Waals surface area contributed by atoms with Gasteiger partial charge in [-0.2, -0.15) is 0 Å². The van der Waals surface area contributed by atoms with Crippen LogP contribution in [0.1, 0.15) is 37.7 Å². The van der Waals surface area contributed by atoms with Gasteiger partial charge in [0.25, 0.3) is 11.5 Å².